The maximum absolute atomic E-state index is 12.6. The van der Waals surface area contributed by atoms with E-state index in [9.17, 15) is 14.4 Å². The molecule has 8 heteroatoms. The van der Waals surface area contributed by atoms with E-state index in [4.69, 9.17) is 9.47 Å². The Morgan fingerprint density at radius 3 is 2.50 bits per heavy atom. The zero-order valence-electron chi connectivity index (χ0n) is 16.5. The van der Waals surface area contributed by atoms with Crippen molar-refractivity contribution in [2.75, 3.05) is 32.8 Å². The summed E-state index contributed by atoms with van der Waals surface area (Å²) in [6, 6.07) is 8.42. The highest BCUT2D eigenvalue weighted by Crippen LogP contribution is 2.09. The smallest absolute Gasteiger partial charge is 0.408 e. The number of amides is 3. The lowest BCUT2D eigenvalue weighted by Crippen LogP contribution is -2.53. The van der Waals surface area contributed by atoms with E-state index in [2.05, 4.69) is 10.6 Å². The molecule has 1 aliphatic rings. The number of hydrogen-bond acceptors (Lipinski definition) is 6. The molecule has 0 unspecified atom stereocenters. The first-order chi connectivity index (χ1) is 13.5. The number of carbonyl (C=O) groups is 3. The number of nitrogens with one attached hydrogen (secondary N) is 2. The van der Waals surface area contributed by atoms with Crippen LogP contribution in [0, 0.1) is 5.92 Å². The molecule has 0 radical (unpaired) electrons. The molecule has 1 saturated heterocycles. The molecule has 2 atom stereocenters. The van der Waals surface area contributed by atoms with Crippen LogP contribution in [0.3, 0.4) is 0 Å². The molecule has 0 bridgehead atoms. The Bertz CT molecular complexity index is 647. The molecule has 28 heavy (non-hydrogen) atoms. The van der Waals surface area contributed by atoms with E-state index >= 15 is 0 Å². The van der Waals surface area contributed by atoms with Crippen LogP contribution in [0.1, 0.15) is 25.8 Å². The van der Waals surface area contributed by atoms with Crippen molar-refractivity contribution in [3.8, 4) is 0 Å². The topological polar surface area (TPSA) is 97.0 Å². The Kier molecular flexibility index (Phi) is 8.90. The van der Waals surface area contributed by atoms with Crippen molar-refractivity contribution >= 4 is 17.9 Å². The average molecular weight is 391 g/mol. The molecule has 0 aliphatic carbocycles. The van der Waals surface area contributed by atoms with Gasteiger partial charge in [0.25, 0.3) is 0 Å². The van der Waals surface area contributed by atoms with Crippen LogP contribution in [-0.2, 0) is 25.7 Å². The van der Waals surface area contributed by atoms with Crippen LogP contribution in [0.4, 0.5) is 4.79 Å². The van der Waals surface area contributed by atoms with Crippen molar-refractivity contribution in [2.24, 2.45) is 5.92 Å². The van der Waals surface area contributed by atoms with Gasteiger partial charge in [-0.15, -0.1) is 0 Å². The van der Waals surface area contributed by atoms with Crippen LogP contribution in [-0.4, -0.2) is 61.7 Å². The summed E-state index contributed by atoms with van der Waals surface area (Å²) in [6.07, 6.45) is -0.0285. The van der Waals surface area contributed by atoms with Gasteiger partial charge in [0.2, 0.25) is 11.8 Å². The lowest BCUT2D eigenvalue weighted by molar-refractivity contribution is -0.133. The van der Waals surface area contributed by atoms with Gasteiger partial charge in [0.1, 0.15) is 12.6 Å². The van der Waals surface area contributed by atoms with Gasteiger partial charge in [0, 0.05) is 13.1 Å². The zero-order valence-corrected chi connectivity index (χ0v) is 16.5. The van der Waals surface area contributed by atoms with Gasteiger partial charge in [-0.1, -0.05) is 50.6 Å². The molecule has 1 aromatic rings. The number of alkyl carbamates (subject to hydrolysis) is 1. The van der Waals surface area contributed by atoms with Crippen LogP contribution < -0.4 is 10.6 Å². The summed E-state index contributed by atoms with van der Waals surface area (Å²) >= 11 is 0. The molecule has 1 fully saturated rings. The Hall–Kier alpha value is -2.45. The lowest BCUT2D eigenvalue weighted by Gasteiger charge is -2.26. The second kappa shape index (κ2) is 11.4. The van der Waals surface area contributed by atoms with Gasteiger partial charge in [-0.25, -0.2) is 4.79 Å². The molecule has 154 valence electrons. The van der Waals surface area contributed by atoms with Crippen molar-refractivity contribution < 1.29 is 23.9 Å². The van der Waals surface area contributed by atoms with Gasteiger partial charge in [-0.2, -0.15) is 0 Å². The fraction of sp³-hybridized carbons (Fsp3) is 0.550. The fourth-order valence-corrected chi connectivity index (χ4v) is 2.81. The molecule has 1 aromatic carbocycles. The predicted molar refractivity (Wildman–Crippen MR) is 103 cm³/mol. The molecule has 1 aliphatic heterocycles. The van der Waals surface area contributed by atoms with Crippen LogP contribution in [0.2, 0.25) is 0 Å². The zero-order chi connectivity index (χ0) is 20.4. The van der Waals surface area contributed by atoms with Gasteiger partial charge in [-0.3, -0.25) is 19.8 Å². The summed E-state index contributed by atoms with van der Waals surface area (Å²) in [5.41, 5.74) is 0.850. The first-order valence-electron chi connectivity index (χ1n) is 9.60. The van der Waals surface area contributed by atoms with Crippen LogP contribution in [0.5, 0.6) is 0 Å². The minimum atomic E-state index is -0.845. The molecule has 2 rings (SSSR count). The van der Waals surface area contributed by atoms with Crippen LogP contribution in [0.25, 0.3) is 0 Å². The van der Waals surface area contributed by atoms with Crippen molar-refractivity contribution in [2.45, 2.75) is 32.9 Å². The summed E-state index contributed by atoms with van der Waals surface area (Å²) < 4.78 is 10.4. The minimum Gasteiger partial charge on any atom is -0.445 e. The van der Waals surface area contributed by atoms with Gasteiger partial charge in [0.05, 0.1) is 19.8 Å². The largest absolute Gasteiger partial charge is 0.445 e. The van der Waals surface area contributed by atoms with Gasteiger partial charge < -0.3 is 14.8 Å². The van der Waals surface area contributed by atoms with Crippen LogP contribution >= 0.6 is 0 Å². The average Bonchev–Trinajstić information content (AvgIpc) is 2.71. The molecule has 8 nitrogen and oxygen atoms in total. The molecule has 0 saturated carbocycles. The monoisotopic (exact) mass is 391 g/mol. The number of nitrogens with zero attached hydrogens (tertiary/aromatic N) is 1. The minimum absolute atomic E-state index is 0.109. The predicted octanol–water partition coefficient (Wildman–Crippen LogP) is 1.30. The number of carbonyl (C=O) groups excluding carboxylic acids is 3. The third-order valence-electron chi connectivity index (χ3n) is 4.72. The molecular formula is C20H29N3O5. The standard InChI is InChI=1S/C20H29N3O5/c1-3-15(2)18(22-20(26)28-14-16-7-5-4-6-8-16)19(25)21-17(24)13-23-9-11-27-12-10-23/h4-8,15,18H,3,9-14H2,1-2H3,(H,22,26)(H,21,24,25)/t15-,18-/m0/s1. The van der Waals surface area contributed by atoms with Gasteiger partial charge >= 0.3 is 6.09 Å². The first kappa shape index (κ1) is 21.8. The maximum atomic E-state index is 12.6. The highest BCUT2D eigenvalue weighted by molar-refractivity contribution is 5.99. The molecular weight excluding hydrogens is 362 g/mol. The van der Waals surface area contributed by atoms with E-state index in [1.165, 1.54) is 0 Å². The summed E-state index contributed by atoms with van der Waals surface area (Å²) in [4.78, 5) is 38.8. The summed E-state index contributed by atoms with van der Waals surface area (Å²) in [5.74, 6) is -1.07. The number of benzene rings is 1. The molecule has 0 aromatic heterocycles. The Labute approximate surface area is 165 Å². The first-order valence-corrected chi connectivity index (χ1v) is 9.60. The highest BCUT2D eigenvalue weighted by Gasteiger charge is 2.28. The fourth-order valence-electron chi connectivity index (χ4n) is 2.81. The van der Waals surface area contributed by atoms with E-state index in [-0.39, 0.29) is 25.0 Å². The quantitative estimate of drug-likeness (QED) is 0.693. The van der Waals surface area contributed by atoms with E-state index < -0.39 is 18.0 Å². The maximum Gasteiger partial charge on any atom is 0.408 e. The number of imide groups is 1. The SMILES string of the molecule is CC[C@H](C)[C@H](NC(=O)OCc1ccccc1)C(=O)NC(=O)CN1CCOCC1. The number of rotatable bonds is 8. The number of ether oxygens (including phenoxy) is 2. The van der Waals surface area contributed by atoms with E-state index in [1.54, 1.807) is 0 Å². The summed E-state index contributed by atoms with van der Waals surface area (Å²) in [5, 5.41) is 4.98. The van der Waals surface area contributed by atoms with Crippen molar-refractivity contribution in [1.29, 1.82) is 0 Å². The van der Waals surface area contributed by atoms with Gasteiger partial charge in [-0.05, 0) is 11.5 Å². The van der Waals surface area contributed by atoms with Gasteiger partial charge in [0.15, 0.2) is 0 Å². The van der Waals surface area contributed by atoms with Crippen molar-refractivity contribution in [3.05, 3.63) is 35.9 Å². The Morgan fingerprint density at radius 2 is 1.86 bits per heavy atom. The third kappa shape index (κ3) is 7.28. The Balaban J connectivity index is 1.85. The molecule has 2 N–H and O–H groups in total. The normalized spacial score (nSPS) is 16.6. The molecule has 3 amide bonds. The number of hydrogen-bond donors (Lipinski definition) is 2. The summed E-state index contributed by atoms with van der Waals surface area (Å²) in [7, 11) is 0. The third-order valence-corrected chi connectivity index (χ3v) is 4.72. The van der Waals surface area contributed by atoms with Crippen LogP contribution in [0.15, 0.2) is 30.3 Å². The van der Waals surface area contributed by atoms with E-state index in [1.807, 2.05) is 49.1 Å². The molecule has 1 heterocycles. The molecule has 0 spiro atoms. The highest BCUT2D eigenvalue weighted by atomic mass is 16.5. The second-order valence-corrected chi connectivity index (χ2v) is 6.87. The second-order valence-electron chi connectivity index (χ2n) is 6.87. The lowest BCUT2D eigenvalue weighted by atomic mass is 9.98. The Morgan fingerprint density at radius 1 is 1.18 bits per heavy atom. The van der Waals surface area contributed by atoms with E-state index in [0.29, 0.717) is 32.7 Å². The van der Waals surface area contributed by atoms with Crippen molar-refractivity contribution in [1.82, 2.24) is 15.5 Å². The van der Waals surface area contributed by atoms with Crippen molar-refractivity contribution in [3.63, 3.8) is 0 Å². The number of morpholine rings is 1. The summed E-state index contributed by atoms with van der Waals surface area (Å²) in [6.45, 7) is 6.45. The van der Waals surface area contributed by atoms with E-state index in [0.717, 1.165) is 5.56 Å².